The summed E-state index contributed by atoms with van der Waals surface area (Å²) in [7, 11) is 1.41. The van der Waals surface area contributed by atoms with E-state index in [9.17, 15) is 8.78 Å². The van der Waals surface area contributed by atoms with Gasteiger partial charge in [0, 0.05) is 12.6 Å². The molecule has 5 nitrogen and oxygen atoms in total. The molecular formula is C16H23F2N3O2. The van der Waals surface area contributed by atoms with Crippen LogP contribution in [0.2, 0.25) is 0 Å². The van der Waals surface area contributed by atoms with E-state index in [0.29, 0.717) is 18.5 Å². The second-order valence-corrected chi connectivity index (χ2v) is 5.52. The molecule has 0 aliphatic heterocycles. The maximum atomic E-state index is 12.4. The fraction of sp³-hybridized carbons (Fsp3) is 0.562. The number of alkyl halides is 2. The summed E-state index contributed by atoms with van der Waals surface area (Å²) in [5.41, 5.74) is 0.766. The van der Waals surface area contributed by atoms with Crippen molar-refractivity contribution in [3.63, 3.8) is 0 Å². The molecule has 1 aromatic carbocycles. The molecular weight excluding hydrogens is 304 g/mol. The van der Waals surface area contributed by atoms with Gasteiger partial charge in [-0.2, -0.15) is 8.78 Å². The van der Waals surface area contributed by atoms with Gasteiger partial charge in [-0.15, -0.1) is 0 Å². The third-order valence-corrected chi connectivity index (χ3v) is 3.64. The number of ether oxygens (including phenoxy) is 2. The van der Waals surface area contributed by atoms with Crippen molar-refractivity contribution < 1.29 is 18.3 Å². The van der Waals surface area contributed by atoms with Crippen molar-refractivity contribution in [1.29, 1.82) is 0 Å². The number of nitrogens with zero attached hydrogens (tertiary/aromatic N) is 1. The Balaban J connectivity index is 2.06. The van der Waals surface area contributed by atoms with Gasteiger partial charge in [0.2, 0.25) is 0 Å². The molecule has 7 heteroatoms. The lowest BCUT2D eigenvalue weighted by Gasteiger charge is -2.12. The molecule has 0 radical (unpaired) electrons. The first-order valence-electron chi connectivity index (χ1n) is 7.70. The summed E-state index contributed by atoms with van der Waals surface area (Å²) in [6.07, 6.45) is 1.14. The van der Waals surface area contributed by atoms with E-state index in [4.69, 9.17) is 4.74 Å². The van der Waals surface area contributed by atoms with E-state index in [1.54, 1.807) is 12.1 Å². The Morgan fingerprint density at radius 2 is 2.13 bits per heavy atom. The third-order valence-electron chi connectivity index (χ3n) is 3.64. The molecule has 1 aliphatic carbocycles. The van der Waals surface area contributed by atoms with Crippen LogP contribution in [0.4, 0.5) is 8.78 Å². The summed E-state index contributed by atoms with van der Waals surface area (Å²) in [6.45, 7) is 2.40. The molecule has 2 atom stereocenters. The van der Waals surface area contributed by atoms with E-state index in [1.165, 1.54) is 13.2 Å². The van der Waals surface area contributed by atoms with Gasteiger partial charge in [-0.1, -0.05) is 13.0 Å². The van der Waals surface area contributed by atoms with Crippen molar-refractivity contribution in [3.8, 4) is 11.5 Å². The predicted octanol–water partition coefficient (Wildman–Crippen LogP) is 2.76. The van der Waals surface area contributed by atoms with Crippen LogP contribution in [-0.4, -0.2) is 32.3 Å². The zero-order chi connectivity index (χ0) is 16.8. The molecule has 0 amide bonds. The van der Waals surface area contributed by atoms with Crippen LogP contribution in [0.5, 0.6) is 11.5 Å². The topological polar surface area (TPSA) is 54.9 Å². The Morgan fingerprint density at radius 1 is 1.39 bits per heavy atom. The fourth-order valence-electron chi connectivity index (χ4n) is 2.20. The highest BCUT2D eigenvalue weighted by Crippen LogP contribution is 2.30. The average Bonchev–Trinajstić information content (AvgIpc) is 3.20. The van der Waals surface area contributed by atoms with Crippen LogP contribution in [0.1, 0.15) is 25.8 Å². The van der Waals surface area contributed by atoms with Crippen LogP contribution in [0.15, 0.2) is 23.2 Å². The van der Waals surface area contributed by atoms with Gasteiger partial charge in [0.25, 0.3) is 0 Å². The summed E-state index contributed by atoms with van der Waals surface area (Å²) in [5.74, 6) is 1.68. The molecule has 1 aliphatic rings. The molecule has 0 heterocycles. The first-order chi connectivity index (χ1) is 11.0. The van der Waals surface area contributed by atoms with E-state index >= 15 is 0 Å². The lowest BCUT2D eigenvalue weighted by Crippen LogP contribution is -2.39. The van der Waals surface area contributed by atoms with Crippen LogP contribution in [0, 0.1) is 5.92 Å². The zero-order valence-electron chi connectivity index (χ0n) is 13.6. The Morgan fingerprint density at radius 3 is 2.70 bits per heavy atom. The van der Waals surface area contributed by atoms with Crippen LogP contribution >= 0.6 is 0 Å². The molecule has 2 N–H and O–H groups in total. The number of benzene rings is 1. The minimum atomic E-state index is -2.89. The number of guanidine groups is 1. The molecule has 0 bridgehead atoms. The van der Waals surface area contributed by atoms with Gasteiger partial charge in [-0.3, -0.25) is 0 Å². The molecule has 1 aromatic rings. The van der Waals surface area contributed by atoms with Crippen molar-refractivity contribution in [2.45, 2.75) is 39.5 Å². The van der Waals surface area contributed by atoms with Gasteiger partial charge in [0.05, 0.1) is 13.7 Å². The van der Waals surface area contributed by atoms with E-state index in [2.05, 4.69) is 27.3 Å². The van der Waals surface area contributed by atoms with Crippen LogP contribution < -0.4 is 20.1 Å². The molecule has 23 heavy (non-hydrogen) atoms. The molecule has 2 rings (SSSR count). The smallest absolute Gasteiger partial charge is 0.387 e. The van der Waals surface area contributed by atoms with Crippen LogP contribution in [-0.2, 0) is 6.54 Å². The lowest BCUT2D eigenvalue weighted by atomic mass is 10.2. The minimum Gasteiger partial charge on any atom is -0.493 e. The molecule has 0 spiro atoms. The number of rotatable bonds is 7. The SMILES string of the molecule is CCNC(=NCc1ccc(OC)c(OC(F)F)c1)NC1CC1C. The monoisotopic (exact) mass is 327 g/mol. The highest BCUT2D eigenvalue weighted by Gasteiger charge is 2.33. The number of halogens is 2. The van der Waals surface area contributed by atoms with E-state index in [-0.39, 0.29) is 11.5 Å². The number of aliphatic imine (C=N–C) groups is 1. The minimum absolute atomic E-state index is 0.0176. The van der Waals surface area contributed by atoms with E-state index in [0.717, 1.165) is 24.5 Å². The van der Waals surface area contributed by atoms with Crippen LogP contribution in [0.25, 0.3) is 0 Å². The first-order valence-corrected chi connectivity index (χ1v) is 7.70. The summed E-state index contributed by atoms with van der Waals surface area (Å²) < 4.78 is 34.4. The second-order valence-electron chi connectivity index (χ2n) is 5.52. The number of nitrogens with one attached hydrogen (secondary N) is 2. The number of methoxy groups -OCH3 is 1. The molecule has 128 valence electrons. The van der Waals surface area contributed by atoms with Crippen molar-refractivity contribution in [1.82, 2.24) is 10.6 Å². The molecule has 1 saturated carbocycles. The predicted molar refractivity (Wildman–Crippen MR) is 85.1 cm³/mol. The van der Waals surface area contributed by atoms with E-state index in [1.807, 2.05) is 6.92 Å². The van der Waals surface area contributed by atoms with Crippen molar-refractivity contribution in [3.05, 3.63) is 23.8 Å². The van der Waals surface area contributed by atoms with Gasteiger partial charge in [-0.05, 0) is 37.0 Å². The normalized spacial score (nSPS) is 20.3. The van der Waals surface area contributed by atoms with E-state index < -0.39 is 6.61 Å². The average molecular weight is 327 g/mol. The van der Waals surface area contributed by atoms with Gasteiger partial charge in [0.1, 0.15) is 0 Å². The quantitative estimate of drug-likeness (QED) is 0.597. The summed E-state index contributed by atoms with van der Waals surface area (Å²) in [5, 5.41) is 6.52. The van der Waals surface area contributed by atoms with Crippen LogP contribution in [0.3, 0.4) is 0 Å². The van der Waals surface area contributed by atoms with Gasteiger partial charge >= 0.3 is 6.61 Å². The van der Waals surface area contributed by atoms with Gasteiger partial charge in [0.15, 0.2) is 17.5 Å². The van der Waals surface area contributed by atoms with Crippen molar-refractivity contribution in [2.75, 3.05) is 13.7 Å². The number of hydrogen-bond acceptors (Lipinski definition) is 3. The third kappa shape index (κ3) is 5.26. The van der Waals surface area contributed by atoms with Gasteiger partial charge < -0.3 is 20.1 Å². The lowest BCUT2D eigenvalue weighted by molar-refractivity contribution is -0.0512. The molecule has 2 unspecified atom stereocenters. The Bertz CT molecular complexity index is 552. The summed E-state index contributed by atoms with van der Waals surface area (Å²) in [4.78, 5) is 4.48. The Kier molecular flexibility index (Phi) is 6.01. The summed E-state index contributed by atoms with van der Waals surface area (Å²) >= 11 is 0. The maximum Gasteiger partial charge on any atom is 0.387 e. The highest BCUT2D eigenvalue weighted by atomic mass is 19.3. The van der Waals surface area contributed by atoms with Crippen molar-refractivity contribution >= 4 is 5.96 Å². The Labute approximate surface area is 135 Å². The summed E-state index contributed by atoms with van der Waals surface area (Å²) in [6, 6.07) is 5.37. The van der Waals surface area contributed by atoms with Crippen molar-refractivity contribution in [2.24, 2.45) is 10.9 Å². The standard InChI is InChI=1S/C16H23F2N3O2/c1-4-19-16(21-12-7-10(12)2)20-9-11-5-6-13(22-3)14(8-11)23-15(17)18/h5-6,8,10,12,15H,4,7,9H2,1-3H3,(H2,19,20,21). The molecule has 0 saturated heterocycles. The maximum absolute atomic E-state index is 12.4. The largest absolute Gasteiger partial charge is 0.493 e. The molecule has 1 fully saturated rings. The first kappa shape index (κ1) is 17.3. The zero-order valence-corrected chi connectivity index (χ0v) is 13.6. The molecule has 0 aromatic heterocycles. The Hall–Kier alpha value is -2.05. The number of hydrogen-bond donors (Lipinski definition) is 2. The second kappa shape index (κ2) is 7.99. The highest BCUT2D eigenvalue weighted by molar-refractivity contribution is 5.80. The van der Waals surface area contributed by atoms with Gasteiger partial charge in [-0.25, -0.2) is 4.99 Å². The fourth-order valence-corrected chi connectivity index (χ4v) is 2.20.